The van der Waals surface area contributed by atoms with Crippen molar-refractivity contribution in [1.29, 1.82) is 0 Å². The lowest BCUT2D eigenvalue weighted by atomic mass is 10.0. The van der Waals surface area contributed by atoms with Gasteiger partial charge in [-0.25, -0.2) is 4.98 Å². The van der Waals surface area contributed by atoms with Crippen LogP contribution in [0.3, 0.4) is 0 Å². The van der Waals surface area contributed by atoms with Crippen LogP contribution >= 0.6 is 27.3 Å². The van der Waals surface area contributed by atoms with E-state index in [4.69, 9.17) is 5.73 Å². The van der Waals surface area contributed by atoms with Gasteiger partial charge in [-0.2, -0.15) is 23.4 Å². The molecule has 4 rings (SSSR count). The number of rotatable bonds is 6. The number of hydrogen-bond acceptors (Lipinski definition) is 6. The molecule has 4 aromatic heterocycles. The van der Waals surface area contributed by atoms with E-state index in [-0.39, 0.29) is 26.3 Å². The SMILES string of the molecule is CCC(C(=O)Nc1c(C(N)=O)sc2nc(C(F)(F)F)cc(-c3cnn(C)c3C)c12)n1cc(Br)cn1. The summed E-state index contributed by atoms with van der Waals surface area (Å²) in [7, 11) is 1.65. The van der Waals surface area contributed by atoms with E-state index in [9.17, 15) is 22.8 Å². The van der Waals surface area contributed by atoms with Gasteiger partial charge in [0, 0.05) is 29.9 Å². The van der Waals surface area contributed by atoms with Crippen LogP contribution in [0.5, 0.6) is 0 Å². The maximum atomic E-state index is 13.7. The average molecular weight is 570 g/mol. The molecule has 4 heterocycles. The van der Waals surface area contributed by atoms with Gasteiger partial charge in [0.15, 0.2) is 0 Å². The monoisotopic (exact) mass is 569 g/mol. The number of pyridine rings is 1. The molecule has 0 radical (unpaired) electrons. The maximum Gasteiger partial charge on any atom is 0.433 e. The summed E-state index contributed by atoms with van der Waals surface area (Å²) in [5.74, 6) is -1.42. The van der Waals surface area contributed by atoms with Crippen LogP contribution < -0.4 is 11.1 Å². The van der Waals surface area contributed by atoms with E-state index in [2.05, 4.69) is 36.4 Å². The van der Waals surface area contributed by atoms with E-state index in [1.807, 2.05) is 0 Å². The number of hydrogen-bond donors (Lipinski definition) is 2. The van der Waals surface area contributed by atoms with Gasteiger partial charge in [-0.05, 0) is 40.9 Å². The molecule has 14 heteroatoms. The predicted molar refractivity (Wildman–Crippen MR) is 128 cm³/mol. The minimum absolute atomic E-state index is 0.00616. The fourth-order valence-corrected chi connectivity index (χ4v) is 5.00. The molecule has 0 bridgehead atoms. The first kappa shape index (κ1) is 24.9. The summed E-state index contributed by atoms with van der Waals surface area (Å²) in [6, 6.07) is 0.143. The van der Waals surface area contributed by atoms with Gasteiger partial charge in [0.05, 0.1) is 22.6 Å². The number of nitrogens with two attached hydrogens (primary N) is 1. The van der Waals surface area contributed by atoms with Gasteiger partial charge in [0.2, 0.25) is 5.91 Å². The number of primary amides is 1. The normalized spacial score (nSPS) is 12.8. The molecular formula is C21H19BrF3N7O2S. The van der Waals surface area contributed by atoms with Crippen LogP contribution in [0.15, 0.2) is 29.1 Å². The highest BCUT2D eigenvalue weighted by Crippen LogP contribution is 2.44. The largest absolute Gasteiger partial charge is 0.433 e. The second-order valence-corrected chi connectivity index (χ2v) is 9.64. The Labute approximate surface area is 209 Å². The van der Waals surface area contributed by atoms with Crippen LogP contribution in [0, 0.1) is 6.92 Å². The number of carbonyl (C=O) groups excluding carboxylic acids is 2. The number of carbonyl (C=O) groups is 2. The fourth-order valence-electron chi connectivity index (χ4n) is 3.70. The quantitative estimate of drug-likeness (QED) is 0.349. The highest BCUT2D eigenvalue weighted by molar-refractivity contribution is 9.10. The molecular weight excluding hydrogens is 551 g/mol. The van der Waals surface area contributed by atoms with Crippen molar-refractivity contribution in [3.8, 4) is 11.1 Å². The second kappa shape index (κ2) is 9.07. The molecule has 9 nitrogen and oxygen atoms in total. The Balaban J connectivity index is 1.95. The number of amides is 2. The minimum atomic E-state index is -4.74. The van der Waals surface area contributed by atoms with Gasteiger partial charge in [-0.3, -0.25) is 19.0 Å². The first-order valence-corrected chi connectivity index (χ1v) is 11.9. The Morgan fingerprint density at radius 2 is 1.97 bits per heavy atom. The Morgan fingerprint density at radius 1 is 1.26 bits per heavy atom. The number of halogens is 4. The summed E-state index contributed by atoms with van der Waals surface area (Å²) in [5.41, 5.74) is 5.54. The highest BCUT2D eigenvalue weighted by atomic mass is 79.9. The van der Waals surface area contributed by atoms with Gasteiger partial charge >= 0.3 is 6.18 Å². The first-order valence-electron chi connectivity index (χ1n) is 10.3. The van der Waals surface area contributed by atoms with E-state index in [1.165, 1.54) is 21.8 Å². The number of thiophene rings is 1. The topological polar surface area (TPSA) is 121 Å². The number of aromatic nitrogens is 5. The molecule has 0 aliphatic carbocycles. The average Bonchev–Trinajstić information content (AvgIpc) is 3.46. The van der Waals surface area contributed by atoms with Gasteiger partial charge < -0.3 is 11.1 Å². The second-order valence-electron chi connectivity index (χ2n) is 7.72. The van der Waals surface area contributed by atoms with Crippen LogP contribution in [-0.4, -0.2) is 36.4 Å². The maximum absolute atomic E-state index is 13.7. The third kappa shape index (κ3) is 4.55. The van der Waals surface area contributed by atoms with Crippen molar-refractivity contribution in [3.63, 3.8) is 0 Å². The van der Waals surface area contributed by atoms with Crippen molar-refractivity contribution < 1.29 is 22.8 Å². The van der Waals surface area contributed by atoms with E-state index >= 15 is 0 Å². The lowest BCUT2D eigenvalue weighted by molar-refractivity contribution is -0.140. The van der Waals surface area contributed by atoms with E-state index in [0.717, 1.165) is 6.07 Å². The zero-order valence-corrected chi connectivity index (χ0v) is 21.0. The smallest absolute Gasteiger partial charge is 0.365 e. The molecule has 3 N–H and O–H groups in total. The summed E-state index contributed by atoms with van der Waals surface area (Å²) >= 11 is 3.97. The van der Waals surface area contributed by atoms with Crippen LogP contribution in [0.2, 0.25) is 0 Å². The summed E-state index contributed by atoms with van der Waals surface area (Å²) in [5, 5.41) is 11.2. The Bertz CT molecular complexity index is 1460. The summed E-state index contributed by atoms with van der Waals surface area (Å²) in [6.45, 7) is 3.48. The van der Waals surface area contributed by atoms with Gasteiger partial charge in [-0.15, -0.1) is 11.3 Å². The Hall–Kier alpha value is -3.26. The lowest BCUT2D eigenvalue weighted by Gasteiger charge is -2.17. The highest BCUT2D eigenvalue weighted by Gasteiger charge is 2.36. The molecule has 0 aromatic carbocycles. The molecule has 1 atom stereocenters. The molecule has 0 fully saturated rings. The number of fused-ring (bicyclic) bond motifs is 1. The van der Waals surface area contributed by atoms with Crippen LogP contribution in [0.4, 0.5) is 18.9 Å². The van der Waals surface area contributed by atoms with Crippen molar-refractivity contribution >= 4 is 55.0 Å². The van der Waals surface area contributed by atoms with E-state index in [1.54, 1.807) is 27.1 Å². The van der Waals surface area contributed by atoms with E-state index in [0.29, 0.717) is 33.5 Å². The third-order valence-electron chi connectivity index (χ3n) is 5.53. The number of nitrogens with one attached hydrogen (secondary N) is 1. The zero-order chi connectivity index (χ0) is 25.7. The molecule has 0 aliphatic rings. The number of nitrogens with zero attached hydrogens (tertiary/aromatic N) is 5. The van der Waals surface area contributed by atoms with Crippen molar-refractivity contribution in [2.45, 2.75) is 32.5 Å². The zero-order valence-electron chi connectivity index (χ0n) is 18.6. The standard InChI is InChI=1S/C21H19BrF3N7O2S/c1-4-13(32-8-10(22)6-28-32)19(34)30-16-15-11(12-7-27-31(3)9(12)2)5-14(21(23,24)25)29-20(15)35-17(16)18(26)33/h5-8,13H,4H2,1-3H3,(H2,26,33)(H,30,34). The van der Waals surface area contributed by atoms with Gasteiger partial charge in [0.1, 0.15) is 21.4 Å². The van der Waals surface area contributed by atoms with Crippen molar-refractivity contribution in [1.82, 2.24) is 24.5 Å². The minimum Gasteiger partial charge on any atom is -0.365 e. The Morgan fingerprint density at radius 3 is 2.49 bits per heavy atom. The van der Waals surface area contributed by atoms with Crippen molar-refractivity contribution in [2.75, 3.05) is 5.32 Å². The van der Waals surface area contributed by atoms with Crippen LogP contribution in [-0.2, 0) is 18.0 Å². The molecule has 35 heavy (non-hydrogen) atoms. The molecule has 184 valence electrons. The van der Waals surface area contributed by atoms with Crippen molar-refractivity contribution in [2.24, 2.45) is 12.8 Å². The molecule has 0 aliphatic heterocycles. The third-order valence-corrected chi connectivity index (χ3v) is 7.04. The van der Waals surface area contributed by atoms with Crippen molar-refractivity contribution in [3.05, 3.63) is 45.4 Å². The van der Waals surface area contributed by atoms with Crippen LogP contribution in [0.1, 0.15) is 40.4 Å². The lowest BCUT2D eigenvalue weighted by Crippen LogP contribution is -2.27. The van der Waals surface area contributed by atoms with E-state index < -0.39 is 29.7 Å². The summed E-state index contributed by atoms with van der Waals surface area (Å²) < 4.78 is 44.7. The summed E-state index contributed by atoms with van der Waals surface area (Å²) in [4.78, 5) is 29.1. The van der Waals surface area contributed by atoms with Gasteiger partial charge in [-0.1, -0.05) is 6.92 Å². The molecule has 0 spiro atoms. The van der Waals surface area contributed by atoms with Crippen LogP contribution in [0.25, 0.3) is 21.3 Å². The molecule has 2 amide bonds. The summed E-state index contributed by atoms with van der Waals surface area (Å²) in [6.07, 6.45) is 0.194. The molecule has 0 saturated heterocycles. The molecule has 1 unspecified atom stereocenters. The first-order chi connectivity index (χ1) is 16.4. The Kier molecular flexibility index (Phi) is 6.44. The number of anilines is 1. The number of aryl methyl sites for hydroxylation is 1. The predicted octanol–water partition coefficient (Wildman–Crippen LogP) is 4.67. The molecule has 4 aromatic rings. The molecule has 0 saturated carbocycles. The number of alkyl halides is 3. The fraction of sp³-hybridized carbons (Fsp3) is 0.286. The van der Waals surface area contributed by atoms with Gasteiger partial charge in [0.25, 0.3) is 5.91 Å².